The van der Waals surface area contributed by atoms with Crippen LogP contribution in [-0.2, 0) is 6.54 Å². The van der Waals surface area contributed by atoms with E-state index in [2.05, 4.69) is 10.4 Å². The minimum atomic E-state index is -0.254. The van der Waals surface area contributed by atoms with Crippen molar-refractivity contribution in [1.82, 2.24) is 15.1 Å². The number of carbonyl (C=O) groups excluding carboxylic acids is 1. The zero-order valence-corrected chi connectivity index (χ0v) is 14.6. The van der Waals surface area contributed by atoms with Crippen LogP contribution in [0.2, 0.25) is 0 Å². The van der Waals surface area contributed by atoms with Gasteiger partial charge in [-0.1, -0.05) is 24.3 Å². The maximum atomic E-state index is 12.1. The summed E-state index contributed by atoms with van der Waals surface area (Å²) in [5.41, 5.74) is 9.00. The number of hydrogen-bond acceptors (Lipinski definition) is 5. The molecule has 0 saturated carbocycles. The lowest BCUT2D eigenvalue weighted by molar-refractivity contribution is 0.0945. The number of hydrogen-bond donors (Lipinski definition) is 3. The highest BCUT2D eigenvalue weighted by Gasteiger charge is 2.08. The molecule has 0 fully saturated rings. The number of benzene rings is 2. The zero-order chi connectivity index (χ0) is 19.2. The Morgan fingerprint density at radius 1 is 1.11 bits per heavy atom. The molecule has 138 valence electrons. The van der Waals surface area contributed by atoms with E-state index < -0.39 is 0 Å². The molecule has 0 aliphatic carbocycles. The Hall–Kier alpha value is -3.45. The molecule has 0 radical (unpaired) electrons. The molecule has 2 aromatic carbocycles. The third-order valence-corrected chi connectivity index (χ3v) is 3.99. The van der Waals surface area contributed by atoms with Gasteiger partial charge in [0, 0.05) is 29.4 Å². The summed E-state index contributed by atoms with van der Waals surface area (Å²) >= 11 is 0. The SMILES string of the molecule is Nc1cccc(Cn2nc(-c3ccc(C(=O)NCCO)cc3)ccc2=O)c1. The number of amides is 1. The largest absolute Gasteiger partial charge is 0.399 e. The molecule has 3 rings (SSSR count). The summed E-state index contributed by atoms with van der Waals surface area (Å²) in [5.74, 6) is -0.254. The monoisotopic (exact) mass is 364 g/mol. The van der Waals surface area contributed by atoms with E-state index in [-0.39, 0.29) is 24.6 Å². The minimum Gasteiger partial charge on any atom is -0.399 e. The third kappa shape index (κ3) is 4.59. The fraction of sp³-hybridized carbons (Fsp3) is 0.150. The van der Waals surface area contributed by atoms with Gasteiger partial charge in [-0.25, -0.2) is 4.68 Å². The van der Waals surface area contributed by atoms with Crippen molar-refractivity contribution in [2.75, 3.05) is 18.9 Å². The molecule has 3 aromatic rings. The lowest BCUT2D eigenvalue weighted by Gasteiger charge is -2.09. The Labute approximate surface area is 156 Å². The summed E-state index contributed by atoms with van der Waals surface area (Å²) in [6, 6.07) is 17.3. The average Bonchev–Trinajstić information content (AvgIpc) is 2.68. The second-order valence-corrected chi connectivity index (χ2v) is 6.02. The number of nitrogens with two attached hydrogens (primary N) is 1. The van der Waals surface area contributed by atoms with Crippen LogP contribution in [0.15, 0.2) is 65.5 Å². The van der Waals surface area contributed by atoms with Gasteiger partial charge in [-0.05, 0) is 35.9 Å². The van der Waals surface area contributed by atoms with Crippen molar-refractivity contribution in [3.63, 3.8) is 0 Å². The summed E-state index contributed by atoms with van der Waals surface area (Å²) in [5, 5.41) is 15.8. The Bertz CT molecular complexity index is 997. The quantitative estimate of drug-likeness (QED) is 0.571. The number of aromatic nitrogens is 2. The zero-order valence-electron chi connectivity index (χ0n) is 14.6. The second kappa shape index (κ2) is 8.29. The van der Waals surface area contributed by atoms with E-state index >= 15 is 0 Å². The van der Waals surface area contributed by atoms with Crippen molar-refractivity contribution >= 4 is 11.6 Å². The van der Waals surface area contributed by atoms with Gasteiger partial charge in [-0.2, -0.15) is 5.10 Å². The van der Waals surface area contributed by atoms with Crippen LogP contribution in [0.1, 0.15) is 15.9 Å². The Kier molecular flexibility index (Phi) is 5.63. The summed E-state index contributed by atoms with van der Waals surface area (Å²) in [4.78, 5) is 24.0. The van der Waals surface area contributed by atoms with Crippen molar-refractivity contribution in [3.05, 3.63) is 82.1 Å². The number of nitrogens with one attached hydrogen (secondary N) is 1. The van der Waals surface area contributed by atoms with Crippen LogP contribution in [0, 0.1) is 0 Å². The van der Waals surface area contributed by atoms with Gasteiger partial charge >= 0.3 is 0 Å². The van der Waals surface area contributed by atoms with E-state index in [0.29, 0.717) is 23.5 Å². The predicted octanol–water partition coefficient (Wildman–Crippen LogP) is 1.26. The van der Waals surface area contributed by atoms with Gasteiger partial charge in [-0.15, -0.1) is 0 Å². The number of anilines is 1. The van der Waals surface area contributed by atoms with Gasteiger partial charge in [-0.3, -0.25) is 9.59 Å². The van der Waals surface area contributed by atoms with Gasteiger partial charge in [0.2, 0.25) is 0 Å². The molecule has 0 atom stereocenters. The van der Waals surface area contributed by atoms with Crippen molar-refractivity contribution in [1.29, 1.82) is 0 Å². The smallest absolute Gasteiger partial charge is 0.267 e. The molecule has 0 saturated heterocycles. The van der Waals surface area contributed by atoms with Crippen LogP contribution in [0.25, 0.3) is 11.3 Å². The first-order valence-corrected chi connectivity index (χ1v) is 8.49. The van der Waals surface area contributed by atoms with Crippen LogP contribution < -0.4 is 16.6 Å². The second-order valence-electron chi connectivity index (χ2n) is 6.02. The van der Waals surface area contributed by atoms with Crippen LogP contribution >= 0.6 is 0 Å². The summed E-state index contributed by atoms with van der Waals surface area (Å²) < 4.78 is 1.38. The van der Waals surface area contributed by atoms with Gasteiger partial charge in [0.25, 0.3) is 11.5 Å². The van der Waals surface area contributed by atoms with Gasteiger partial charge in [0.05, 0.1) is 18.8 Å². The number of aliphatic hydroxyl groups excluding tert-OH is 1. The highest BCUT2D eigenvalue weighted by atomic mass is 16.3. The number of rotatable bonds is 6. The molecule has 7 nitrogen and oxygen atoms in total. The Morgan fingerprint density at radius 3 is 2.59 bits per heavy atom. The molecular weight excluding hydrogens is 344 g/mol. The van der Waals surface area contributed by atoms with E-state index in [0.717, 1.165) is 11.1 Å². The van der Waals surface area contributed by atoms with Crippen molar-refractivity contribution in [2.45, 2.75) is 6.54 Å². The Morgan fingerprint density at radius 2 is 1.89 bits per heavy atom. The summed E-state index contributed by atoms with van der Waals surface area (Å²) in [6.07, 6.45) is 0. The fourth-order valence-electron chi connectivity index (χ4n) is 2.64. The highest BCUT2D eigenvalue weighted by molar-refractivity contribution is 5.94. The maximum absolute atomic E-state index is 12.1. The lowest BCUT2D eigenvalue weighted by Crippen LogP contribution is -2.26. The predicted molar refractivity (Wildman–Crippen MR) is 103 cm³/mol. The van der Waals surface area contributed by atoms with E-state index in [9.17, 15) is 9.59 Å². The molecule has 0 aliphatic rings. The molecule has 1 heterocycles. The van der Waals surface area contributed by atoms with E-state index in [1.165, 1.54) is 10.7 Å². The van der Waals surface area contributed by atoms with Gasteiger partial charge in [0.15, 0.2) is 0 Å². The molecule has 1 amide bonds. The van der Waals surface area contributed by atoms with Crippen LogP contribution in [0.3, 0.4) is 0 Å². The summed E-state index contributed by atoms with van der Waals surface area (Å²) in [7, 11) is 0. The van der Waals surface area contributed by atoms with Crippen molar-refractivity contribution in [3.8, 4) is 11.3 Å². The first kappa shape index (κ1) is 18.3. The van der Waals surface area contributed by atoms with E-state index in [1.54, 1.807) is 42.5 Å². The van der Waals surface area contributed by atoms with Crippen molar-refractivity contribution in [2.24, 2.45) is 0 Å². The molecule has 0 bridgehead atoms. The summed E-state index contributed by atoms with van der Waals surface area (Å²) in [6.45, 7) is 0.415. The van der Waals surface area contributed by atoms with Crippen molar-refractivity contribution < 1.29 is 9.90 Å². The number of carbonyl (C=O) groups is 1. The molecule has 4 N–H and O–H groups in total. The number of nitrogens with zero attached hydrogens (tertiary/aromatic N) is 2. The normalized spacial score (nSPS) is 10.6. The molecule has 0 spiro atoms. The molecule has 1 aromatic heterocycles. The van der Waals surface area contributed by atoms with Gasteiger partial charge < -0.3 is 16.2 Å². The maximum Gasteiger partial charge on any atom is 0.267 e. The number of aliphatic hydroxyl groups is 1. The van der Waals surface area contributed by atoms with Gasteiger partial charge in [0.1, 0.15) is 0 Å². The van der Waals surface area contributed by atoms with E-state index in [4.69, 9.17) is 10.8 Å². The molecule has 7 heteroatoms. The van der Waals surface area contributed by atoms with Crippen LogP contribution in [-0.4, -0.2) is 33.9 Å². The molecule has 0 unspecified atom stereocenters. The molecule has 27 heavy (non-hydrogen) atoms. The third-order valence-electron chi connectivity index (χ3n) is 3.99. The topological polar surface area (TPSA) is 110 Å². The first-order chi connectivity index (χ1) is 13.1. The fourth-order valence-corrected chi connectivity index (χ4v) is 2.64. The Balaban J connectivity index is 1.83. The highest BCUT2D eigenvalue weighted by Crippen LogP contribution is 2.17. The lowest BCUT2D eigenvalue weighted by atomic mass is 10.1. The number of nitrogen functional groups attached to an aromatic ring is 1. The standard InChI is InChI=1S/C20H20N4O3/c21-17-3-1-2-14(12-17)13-24-19(26)9-8-18(23-24)15-4-6-16(7-5-15)20(27)22-10-11-25/h1-9,12,25H,10-11,13,21H2,(H,22,27). The van der Waals surface area contributed by atoms with Crippen LogP contribution in [0.5, 0.6) is 0 Å². The molecular formula is C20H20N4O3. The first-order valence-electron chi connectivity index (χ1n) is 8.49. The average molecular weight is 364 g/mol. The van der Waals surface area contributed by atoms with E-state index in [1.807, 2.05) is 12.1 Å². The minimum absolute atomic E-state index is 0.109. The molecule has 0 aliphatic heterocycles. The van der Waals surface area contributed by atoms with Crippen LogP contribution in [0.4, 0.5) is 5.69 Å².